The molecule has 0 aromatic carbocycles. The number of carbonyl (C=O) groups excluding carboxylic acids is 1. The van der Waals surface area contributed by atoms with Crippen molar-refractivity contribution in [3.63, 3.8) is 0 Å². The van der Waals surface area contributed by atoms with Gasteiger partial charge >= 0.3 is 0 Å². The number of anilines is 2. The maximum absolute atomic E-state index is 11.6. The van der Waals surface area contributed by atoms with Crippen molar-refractivity contribution < 1.29 is 4.79 Å². The molecule has 1 aliphatic carbocycles. The van der Waals surface area contributed by atoms with Crippen molar-refractivity contribution in [2.24, 2.45) is 0 Å². The van der Waals surface area contributed by atoms with E-state index in [1.54, 1.807) is 25.3 Å². The molecule has 0 radical (unpaired) electrons. The van der Waals surface area contributed by atoms with Crippen molar-refractivity contribution in [1.82, 2.24) is 24.8 Å². The molecule has 8 heteroatoms. The quantitative estimate of drug-likeness (QED) is 0.608. The average molecular weight is 454 g/mol. The highest BCUT2D eigenvalue weighted by Crippen LogP contribution is 2.42. The van der Waals surface area contributed by atoms with E-state index in [0.29, 0.717) is 23.1 Å². The van der Waals surface area contributed by atoms with Crippen LogP contribution >= 0.6 is 0 Å². The fourth-order valence-corrected chi connectivity index (χ4v) is 4.31. The van der Waals surface area contributed by atoms with Crippen LogP contribution < -0.4 is 5.32 Å². The number of amides is 1. The highest BCUT2D eigenvalue weighted by molar-refractivity contribution is 5.73. The van der Waals surface area contributed by atoms with E-state index in [4.69, 9.17) is 4.98 Å². The molecule has 3 aromatic rings. The Balaban J connectivity index is 1.37. The van der Waals surface area contributed by atoms with Crippen LogP contribution in [0.5, 0.6) is 0 Å². The fraction of sp³-hybridized carbons (Fsp3) is 0.346. The summed E-state index contributed by atoms with van der Waals surface area (Å²) in [6.07, 6.45) is 7.76. The van der Waals surface area contributed by atoms with Gasteiger partial charge in [0.1, 0.15) is 11.6 Å². The Hall–Kier alpha value is -3.83. The Morgan fingerprint density at radius 2 is 1.94 bits per heavy atom. The molecule has 0 atom stereocenters. The molecule has 1 saturated carbocycles. The minimum atomic E-state index is 0.142. The summed E-state index contributed by atoms with van der Waals surface area (Å²) in [5.41, 5.74) is 4.79. The second kappa shape index (κ2) is 9.57. The summed E-state index contributed by atoms with van der Waals surface area (Å²) in [7, 11) is 0. The van der Waals surface area contributed by atoms with E-state index in [-0.39, 0.29) is 5.91 Å². The lowest BCUT2D eigenvalue weighted by Gasteiger charge is -2.34. The normalized spacial score (nSPS) is 16.2. The molecule has 4 heterocycles. The number of hydrogen-bond donors (Lipinski definition) is 1. The Labute approximate surface area is 199 Å². The van der Waals surface area contributed by atoms with Crippen molar-refractivity contribution in [2.75, 3.05) is 31.5 Å². The Kier molecular flexibility index (Phi) is 6.19. The highest BCUT2D eigenvalue weighted by atomic mass is 16.2. The minimum Gasteiger partial charge on any atom is -0.340 e. The van der Waals surface area contributed by atoms with E-state index >= 15 is 0 Å². The first-order chi connectivity index (χ1) is 16.6. The average Bonchev–Trinajstić information content (AvgIpc) is 3.70. The van der Waals surface area contributed by atoms with Crippen molar-refractivity contribution in [3.05, 3.63) is 65.6 Å². The molecule has 2 aliphatic rings. The second-order valence-corrected chi connectivity index (χ2v) is 8.98. The molecule has 3 aromatic heterocycles. The summed E-state index contributed by atoms with van der Waals surface area (Å²) in [6, 6.07) is 11.9. The molecule has 1 amide bonds. The Bertz CT molecular complexity index is 1240. The Morgan fingerprint density at radius 3 is 2.68 bits per heavy atom. The van der Waals surface area contributed by atoms with Crippen LogP contribution in [0.25, 0.3) is 11.3 Å². The topological polar surface area (TPSA) is 98.0 Å². The third-order valence-corrected chi connectivity index (χ3v) is 6.36. The van der Waals surface area contributed by atoms with Gasteiger partial charge in [-0.05, 0) is 60.2 Å². The first kappa shape index (κ1) is 22.0. The van der Waals surface area contributed by atoms with Crippen LogP contribution in [0.3, 0.4) is 0 Å². The SMILES string of the molecule is CC(=O)N1CCN(Cc2cncc(-c3cc(C4CC4)cc(Nc4cc(C#N)ccn4)n3)c2)CC1. The van der Waals surface area contributed by atoms with Gasteiger partial charge in [-0.3, -0.25) is 14.7 Å². The number of pyridine rings is 3. The third-order valence-electron chi connectivity index (χ3n) is 6.36. The van der Waals surface area contributed by atoms with Crippen LogP contribution in [0, 0.1) is 11.3 Å². The number of hydrogen-bond acceptors (Lipinski definition) is 7. The smallest absolute Gasteiger partial charge is 0.219 e. The second-order valence-electron chi connectivity index (χ2n) is 8.98. The van der Waals surface area contributed by atoms with Crippen molar-refractivity contribution in [3.8, 4) is 17.3 Å². The number of nitrogens with zero attached hydrogens (tertiary/aromatic N) is 6. The van der Waals surface area contributed by atoms with Crippen LogP contribution in [0.2, 0.25) is 0 Å². The van der Waals surface area contributed by atoms with Gasteiger partial charge in [-0.25, -0.2) is 9.97 Å². The van der Waals surface area contributed by atoms with E-state index in [2.05, 4.69) is 44.5 Å². The molecule has 5 rings (SSSR count). The van der Waals surface area contributed by atoms with Crippen molar-refractivity contribution >= 4 is 17.5 Å². The summed E-state index contributed by atoms with van der Waals surface area (Å²) >= 11 is 0. The van der Waals surface area contributed by atoms with Gasteiger partial charge < -0.3 is 10.2 Å². The molecule has 172 valence electrons. The zero-order chi connectivity index (χ0) is 23.5. The maximum atomic E-state index is 11.6. The van der Waals surface area contributed by atoms with E-state index in [1.165, 1.54) is 18.4 Å². The van der Waals surface area contributed by atoms with Crippen LogP contribution in [0.15, 0.2) is 48.9 Å². The maximum Gasteiger partial charge on any atom is 0.219 e. The van der Waals surface area contributed by atoms with Crippen LogP contribution in [-0.4, -0.2) is 56.8 Å². The van der Waals surface area contributed by atoms with Crippen molar-refractivity contribution in [1.29, 1.82) is 5.26 Å². The third kappa shape index (κ3) is 5.21. The molecule has 2 fully saturated rings. The highest BCUT2D eigenvalue weighted by Gasteiger charge is 2.25. The van der Waals surface area contributed by atoms with Gasteiger partial charge in [-0.2, -0.15) is 5.26 Å². The van der Waals surface area contributed by atoms with Gasteiger partial charge in [-0.1, -0.05) is 0 Å². The lowest BCUT2D eigenvalue weighted by molar-refractivity contribution is -0.130. The monoisotopic (exact) mass is 453 g/mol. The summed E-state index contributed by atoms with van der Waals surface area (Å²) in [5.74, 6) is 2.02. The lowest BCUT2D eigenvalue weighted by atomic mass is 10.1. The van der Waals surface area contributed by atoms with E-state index in [9.17, 15) is 10.1 Å². The standard InChI is InChI=1S/C26H27N7O/c1-18(34)33-8-6-32(7-9-33)17-20-10-23(16-28-15-20)24-12-22(21-2-3-21)13-26(30-24)31-25-11-19(14-27)4-5-29-25/h4-5,10-13,15-16,21H,2-3,6-9,17H2,1H3,(H,29,30,31). The molecule has 34 heavy (non-hydrogen) atoms. The first-order valence-electron chi connectivity index (χ1n) is 11.6. The fourth-order valence-electron chi connectivity index (χ4n) is 4.31. The predicted octanol–water partition coefficient (Wildman–Crippen LogP) is 3.70. The van der Waals surface area contributed by atoms with E-state index in [1.807, 2.05) is 17.3 Å². The molecule has 0 spiro atoms. The predicted molar refractivity (Wildman–Crippen MR) is 129 cm³/mol. The number of nitrogens with one attached hydrogen (secondary N) is 1. The molecule has 1 aliphatic heterocycles. The van der Waals surface area contributed by atoms with Crippen LogP contribution in [0.1, 0.15) is 42.4 Å². The molecule has 0 unspecified atom stereocenters. The molecular formula is C26H27N7O. The summed E-state index contributed by atoms with van der Waals surface area (Å²) in [6.45, 7) is 5.69. The molecule has 0 bridgehead atoms. The molecule has 1 N–H and O–H groups in total. The summed E-state index contributed by atoms with van der Waals surface area (Å²) in [4.78, 5) is 29.5. The number of aromatic nitrogens is 3. The largest absolute Gasteiger partial charge is 0.340 e. The van der Waals surface area contributed by atoms with Crippen molar-refractivity contribution in [2.45, 2.75) is 32.2 Å². The van der Waals surface area contributed by atoms with Gasteiger partial charge in [0, 0.05) is 63.8 Å². The van der Waals surface area contributed by atoms with Gasteiger partial charge in [0.2, 0.25) is 5.91 Å². The number of nitriles is 1. The number of rotatable bonds is 6. The van der Waals surface area contributed by atoms with Gasteiger partial charge in [0.15, 0.2) is 0 Å². The Morgan fingerprint density at radius 1 is 1.12 bits per heavy atom. The zero-order valence-electron chi connectivity index (χ0n) is 19.2. The van der Waals surface area contributed by atoms with E-state index in [0.717, 1.165) is 49.5 Å². The van der Waals surface area contributed by atoms with E-state index < -0.39 is 0 Å². The number of piperazine rings is 1. The van der Waals surface area contributed by atoms with Crippen LogP contribution in [0.4, 0.5) is 11.6 Å². The molecular weight excluding hydrogens is 426 g/mol. The first-order valence-corrected chi connectivity index (χ1v) is 11.6. The zero-order valence-corrected chi connectivity index (χ0v) is 19.2. The minimum absolute atomic E-state index is 0.142. The molecule has 8 nitrogen and oxygen atoms in total. The molecule has 1 saturated heterocycles. The van der Waals surface area contributed by atoms with Gasteiger partial charge in [0.05, 0.1) is 17.3 Å². The van der Waals surface area contributed by atoms with Gasteiger partial charge in [0.25, 0.3) is 0 Å². The number of carbonyl (C=O) groups is 1. The van der Waals surface area contributed by atoms with Gasteiger partial charge in [-0.15, -0.1) is 0 Å². The summed E-state index contributed by atoms with van der Waals surface area (Å²) < 4.78 is 0. The lowest BCUT2D eigenvalue weighted by Crippen LogP contribution is -2.47. The summed E-state index contributed by atoms with van der Waals surface area (Å²) in [5, 5.41) is 12.4. The van der Waals surface area contributed by atoms with Crippen LogP contribution in [-0.2, 0) is 11.3 Å².